The first-order chi connectivity index (χ1) is 10.9. The molecule has 120 valence electrons. The summed E-state index contributed by atoms with van der Waals surface area (Å²) >= 11 is 1.29. The number of aromatic carboxylic acids is 1. The van der Waals surface area contributed by atoms with Gasteiger partial charge >= 0.3 is 5.97 Å². The highest BCUT2D eigenvalue weighted by Gasteiger charge is 2.28. The molecule has 23 heavy (non-hydrogen) atoms. The lowest BCUT2D eigenvalue weighted by Gasteiger charge is -2.32. The van der Waals surface area contributed by atoms with Crippen molar-refractivity contribution in [3.8, 4) is 5.75 Å². The molecular weight excluding hydrogens is 308 g/mol. The van der Waals surface area contributed by atoms with Crippen molar-refractivity contribution in [1.82, 2.24) is 0 Å². The maximum Gasteiger partial charge on any atom is 0.345 e. The summed E-state index contributed by atoms with van der Waals surface area (Å²) in [6.07, 6.45) is 3.05. The van der Waals surface area contributed by atoms with Gasteiger partial charge in [0.25, 0.3) is 0 Å². The third-order valence-corrected chi connectivity index (χ3v) is 5.37. The van der Waals surface area contributed by atoms with Crippen molar-refractivity contribution in [2.45, 2.75) is 32.6 Å². The van der Waals surface area contributed by atoms with Crippen molar-refractivity contribution in [2.75, 3.05) is 6.61 Å². The van der Waals surface area contributed by atoms with Gasteiger partial charge < -0.3 is 9.84 Å². The molecule has 4 heteroatoms. The zero-order valence-corrected chi connectivity index (χ0v) is 14.4. The van der Waals surface area contributed by atoms with Gasteiger partial charge in [0.1, 0.15) is 10.6 Å². The van der Waals surface area contributed by atoms with Crippen LogP contribution in [0.15, 0.2) is 30.3 Å². The van der Waals surface area contributed by atoms with Gasteiger partial charge in [0.15, 0.2) is 0 Å². The fourth-order valence-corrected chi connectivity index (χ4v) is 3.67. The van der Waals surface area contributed by atoms with Crippen molar-refractivity contribution < 1.29 is 14.6 Å². The molecule has 0 atom stereocenters. The quantitative estimate of drug-likeness (QED) is 0.856. The van der Waals surface area contributed by atoms with E-state index in [2.05, 4.69) is 32.9 Å². The molecule has 0 fully saturated rings. The minimum absolute atomic E-state index is 0.114. The molecule has 1 aliphatic heterocycles. The van der Waals surface area contributed by atoms with Gasteiger partial charge in [0.05, 0.1) is 6.61 Å². The highest BCUT2D eigenvalue weighted by molar-refractivity contribution is 7.14. The van der Waals surface area contributed by atoms with E-state index < -0.39 is 5.97 Å². The predicted octanol–water partition coefficient (Wildman–Crippen LogP) is 5.07. The van der Waals surface area contributed by atoms with Gasteiger partial charge in [0, 0.05) is 10.4 Å². The van der Waals surface area contributed by atoms with Crippen LogP contribution >= 0.6 is 11.3 Å². The summed E-state index contributed by atoms with van der Waals surface area (Å²) in [6.45, 7) is 7.31. The van der Waals surface area contributed by atoms with Crippen LogP contribution in [-0.4, -0.2) is 17.7 Å². The fraction of sp³-hybridized carbons (Fsp3) is 0.316. The van der Waals surface area contributed by atoms with E-state index in [0.29, 0.717) is 4.88 Å². The monoisotopic (exact) mass is 328 g/mol. The molecule has 0 unspecified atom stereocenters. The maximum atomic E-state index is 11.0. The Hall–Kier alpha value is -2.07. The SMILES string of the molecule is CC(=Cc1ccc(C(=O)O)s1)c1ccc2c(c1)C(C)(C)CCO2. The molecule has 1 N–H and O–H groups in total. The molecule has 0 saturated heterocycles. The summed E-state index contributed by atoms with van der Waals surface area (Å²) in [6, 6.07) is 9.81. The van der Waals surface area contributed by atoms with Crippen LogP contribution in [0.5, 0.6) is 5.75 Å². The number of thiophene rings is 1. The summed E-state index contributed by atoms with van der Waals surface area (Å²) < 4.78 is 5.76. The fourth-order valence-electron chi connectivity index (χ4n) is 2.82. The van der Waals surface area contributed by atoms with E-state index in [4.69, 9.17) is 9.84 Å². The average Bonchev–Trinajstić information content (AvgIpc) is 2.95. The summed E-state index contributed by atoms with van der Waals surface area (Å²) in [5.41, 5.74) is 3.62. The Labute approximate surface area is 140 Å². The summed E-state index contributed by atoms with van der Waals surface area (Å²) in [7, 11) is 0. The minimum atomic E-state index is -0.875. The maximum absolute atomic E-state index is 11.0. The first kappa shape index (κ1) is 15.8. The number of carboxylic acids is 1. The second-order valence-corrected chi connectivity index (χ2v) is 7.64. The molecule has 3 rings (SSSR count). The van der Waals surface area contributed by atoms with E-state index >= 15 is 0 Å². The molecule has 0 bridgehead atoms. The Balaban J connectivity index is 1.94. The van der Waals surface area contributed by atoms with Crippen LogP contribution < -0.4 is 4.74 Å². The van der Waals surface area contributed by atoms with Crippen LogP contribution in [-0.2, 0) is 5.41 Å². The Morgan fingerprint density at radius 1 is 1.30 bits per heavy atom. The molecule has 2 heterocycles. The summed E-state index contributed by atoms with van der Waals surface area (Å²) in [4.78, 5) is 12.3. The zero-order chi connectivity index (χ0) is 16.6. The minimum Gasteiger partial charge on any atom is -0.493 e. The predicted molar refractivity (Wildman–Crippen MR) is 94.4 cm³/mol. The Bertz CT molecular complexity index is 784. The molecule has 0 spiro atoms. The van der Waals surface area contributed by atoms with Gasteiger partial charge in [0.2, 0.25) is 0 Å². The topological polar surface area (TPSA) is 46.5 Å². The van der Waals surface area contributed by atoms with Crippen LogP contribution in [0.25, 0.3) is 11.6 Å². The zero-order valence-electron chi connectivity index (χ0n) is 13.6. The van der Waals surface area contributed by atoms with Gasteiger partial charge in [-0.3, -0.25) is 0 Å². The first-order valence-corrected chi connectivity index (χ1v) is 8.47. The van der Waals surface area contributed by atoms with Gasteiger partial charge in [-0.25, -0.2) is 4.79 Å². The normalized spacial score (nSPS) is 16.6. The highest BCUT2D eigenvalue weighted by atomic mass is 32.1. The van der Waals surface area contributed by atoms with Crippen LogP contribution in [0.3, 0.4) is 0 Å². The Kier molecular flexibility index (Phi) is 4.02. The largest absolute Gasteiger partial charge is 0.493 e. The number of fused-ring (bicyclic) bond motifs is 1. The lowest BCUT2D eigenvalue weighted by Crippen LogP contribution is -2.26. The summed E-state index contributed by atoms with van der Waals surface area (Å²) in [5.74, 6) is 0.0991. The number of benzene rings is 1. The number of allylic oxidation sites excluding steroid dienone is 1. The average molecular weight is 328 g/mol. The molecule has 0 amide bonds. The number of carbonyl (C=O) groups is 1. The van der Waals surface area contributed by atoms with Gasteiger partial charge in [-0.05, 0) is 60.2 Å². The smallest absolute Gasteiger partial charge is 0.345 e. The molecule has 1 aromatic heterocycles. The highest BCUT2D eigenvalue weighted by Crippen LogP contribution is 2.39. The van der Waals surface area contributed by atoms with Crippen molar-refractivity contribution in [3.05, 3.63) is 51.2 Å². The number of hydrogen-bond donors (Lipinski definition) is 1. The van der Waals surface area contributed by atoms with Crippen molar-refractivity contribution in [3.63, 3.8) is 0 Å². The van der Waals surface area contributed by atoms with E-state index in [0.717, 1.165) is 34.8 Å². The lowest BCUT2D eigenvalue weighted by atomic mass is 9.79. The number of ether oxygens (including phenoxy) is 1. The number of rotatable bonds is 3. The molecule has 0 aliphatic carbocycles. The molecule has 0 saturated carbocycles. The van der Waals surface area contributed by atoms with E-state index in [9.17, 15) is 4.79 Å². The molecule has 3 nitrogen and oxygen atoms in total. The van der Waals surface area contributed by atoms with E-state index in [-0.39, 0.29) is 5.41 Å². The van der Waals surface area contributed by atoms with Crippen molar-refractivity contribution in [2.24, 2.45) is 0 Å². The van der Waals surface area contributed by atoms with Crippen LogP contribution in [0.4, 0.5) is 0 Å². The van der Waals surface area contributed by atoms with Gasteiger partial charge in [-0.15, -0.1) is 11.3 Å². The lowest BCUT2D eigenvalue weighted by molar-refractivity contribution is 0.0702. The van der Waals surface area contributed by atoms with E-state index in [1.807, 2.05) is 18.2 Å². The van der Waals surface area contributed by atoms with Crippen molar-refractivity contribution in [1.29, 1.82) is 0 Å². The molecule has 1 aliphatic rings. The summed E-state index contributed by atoms with van der Waals surface area (Å²) in [5, 5.41) is 9.02. The van der Waals surface area contributed by atoms with Gasteiger partial charge in [-0.1, -0.05) is 19.9 Å². The molecular formula is C19H20O3S. The van der Waals surface area contributed by atoms with E-state index in [1.165, 1.54) is 16.9 Å². The third kappa shape index (κ3) is 3.17. The molecule has 1 aromatic carbocycles. The van der Waals surface area contributed by atoms with Crippen LogP contribution in [0, 0.1) is 0 Å². The van der Waals surface area contributed by atoms with Crippen LogP contribution in [0.1, 0.15) is 52.9 Å². The second-order valence-electron chi connectivity index (χ2n) is 6.53. The number of carboxylic acid groups (broad SMARTS) is 1. The Morgan fingerprint density at radius 2 is 2.09 bits per heavy atom. The van der Waals surface area contributed by atoms with Crippen molar-refractivity contribution >= 4 is 29.0 Å². The van der Waals surface area contributed by atoms with Crippen LogP contribution in [0.2, 0.25) is 0 Å². The second kappa shape index (κ2) is 5.85. The first-order valence-electron chi connectivity index (χ1n) is 7.66. The van der Waals surface area contributed by atoms with E-state index in [1.54, 1.807) is 6.07 Å². The molecule has 2 aromatic rings. The van der Waals surface area contributed by atoms with Gasteiger partial charge in [-0.2, -0.15) is 0 Å². The Morgan fingerprint density at radius 3 is 2.78 bits per heavy atom. The third-order valence-electron chi connectivity index (χ3n) is 4.34. The standard InChI is InChI=1S/C19H20O3S/c1-12(10-14-5-7-17(23-14)18(20)21)13-4-6-16-15(11-13)19(2,3)8-9-22-16/h4-7,10-11H,8-9H2,1-3H3,(H,20,21). The number of hydrogen-bond acceptors (Lipinski definition) is 3. The molecule has 0 radical (unpaired) electrons.